The molecule has 3 rings (SSSR count). The van der Waals surface area contributed by atoms with Gasteiger partial charge < -0.3 is 10.5 Å². The number of nitrogens with two attached hydrogens (primary N) is 1. The summed E-state index contributed by atoms with van der Waals surface area (Å²) in [6.45, 7) is 2.18. The van der Waals surface area contributed by atoms with Gasteiger partial charge in [-0.05, 0) is 18.6 Å². The Morgan fingerprint density at radius 2 is 2.27 bits per heavy atom. The molecule has 1 aliphatic rings. The van der Waals surface area contributed by atoms with Gasteiger partial charge in [-0.1, -0.05) is 6.07 Å². The number of ether oxygens (including phenoxy) is 1. The lowest BCUT2D eigenvalue weighted by Crippen LogP contribution is -2.18. The third kappa shape index (κ3) is 0.932. The molecule has 1 aromatic heterocycles. The Labute approximate surface area is 85.9 Å². The van der Waals surface area contributed by atoms with E-state index in [2.05, 4.69) is 0 Å². The Morgan fingerprint density at radius 1 is 1.47 bits per heavy atom. The lowest BCUT2D eigenvalue weighted by atomic mass is 10.1. The van der Waals surface area contributed by atoms with Crippen LogP contribution in [0.5, 0.6) is 5.75 Å². The summed E-state index contributed by atoms with van der Waals surface area (Å²) in [7, 11) is 0. The second-order valence-corrected chi connectivity index (χ2v) is 3.75. The molecule has 0 unspecified atom stereocenters. The molecular formula is C11H10N2O2. The van der Waals surface area contributed by atoms with Gasteiger partial charge in [0, 0.05) is 11.5 Å². The number of anilines is 1. The Balaban J connectivity index is 2.64. The minimum Gasteiger partial charge on any atom is -0.468 e. The molecule has 0 saturated carbocycles. The molecule has 76 valence electrons. The first kappa shape index (κ1) is 8.35. The zero-order chi connectivity index (χ0) is 10.6. The molecule has 4 heteroatoms. The molecule has 1 aromatic carbocycles. The van der Waals surface area contributed by atoms with Crippen molar-refractivity contribution in [3.05, 3.63) is 34.1 Å². The average Bonchev–Trinajstić information content (AvgIpc) is 2.62. The van der Waals surface area contributed by atoms with Gasteiger partial charge >= 0.3 is 0 Å². The molecule has 0 spiro atoms. The van der Waals surface area contributed by atoms with E-state index in [9.17, 15) is 4.79 Å². The van der Waals surface area contributed by atoms with Crippen LogP contribution in [0.15, 0.2) is 23.0 Å². The van der Waals surface area contributed by atoms with Gasteiger partial charge in [0.1, 0.15) is 0 Å². The summed E-state index contributed by atoms with van der Waals surface area (Å²) in [6.07, 6.45) is 0. The van der Waals surface area contributed by atoms with Gasteiger partial charge in [-0.25, -0.2) is 0 Å². The fourth-order valence-electron chi connectivity index (χ4n) is 2.03. The number of rotatable bonds is 0. The van der Waals surface area contributed by atoms with Crippen LogP contribution in [0.25, 0.3) is 10.9 Å². The minimum absolute atomic E-state index is 0.0376. The first-order valence-electron chi connectivity index (χ1n) is 4.74. The summed E-state index contributed by atoms with van der Waals surface area (Å²) in [5.74, 6) is 0.633. The molecule has 0 amide bonds. The fourth-order valence-corrected chi connectivity index (χ4v) is 2.03. The highest BCUT2D eigenvalue weighted by molar-refractivity contribution is 5.92. The molecule has 0 bridgehead atoms. The van der Waals surface area contributed by atoms with Crippen molar-refractivity contribution in [2.45, 2.75) is 13.7 Å². The molecule has 2 N–H and O–H groups in total. The molecule has 0 fully saturated rings. The monoisotopic (exact) mass is 202 g/mol. The largest absolute Gasteiger partial charge is 0.468 e. The van der Waals surface area contributed by atoms with Crippen LogP contribution in [0, 0.1) is 6.92 Å². The van der Waals surface area contributed by atoms with Crippen molar-refractivity contribution in [3.8, 4) is 5.75 Å². The highest BCUT2D eigenvalue weighted by atomic mass is 16.5. The summed E-state index contributed by atoms with van der Waals surface area (Å²) < 4.78 is 7.02. The molecule has 2 aromatic rings. The van der Waals surface area contributed by atoms with Gasteiger partial charge in [0.2, 0.25) is 0 Å². The highest BCUT2D eigenvalue weighted by Crippen LogP contribution is 2.35. The van der Waals surface area contributed by atoms with E-state index < -0.39 is 0 Å². The number of hydrogen-bond acceptors (Lipinski definition) is 3. The predicted molar refractivity (Wildman–Crippen MR) is 58.0 cm³/mol. The van der Waals surface area contributed by atoms with E-state index in [1.54, 1.807) is 10.6 Å². The second-order valence-electron chi connectivity index (χ2n) is 3.75. The quantitative estimate of drug-likeness (QED) is 0.654. The topological polar surface area (TPSA) is 57.2 Å². The molecule has 0 aliphatic carbocycles. The highest BCUT2D eigenvalue weighted by Gasteiger charge is 2.19. The maximum atomic E-state index is 11.7. The Kier molecular flexibility index (Phi) is 1.41. The van der Waals surface area contributed by atoms with Crippen LogP contribution in [0.3, 0.4) is 0 Å². The average molecular weight is 202 g/mol. The van der Waals surface area contributed by atoms with Gasteiger partial charge in [-0.15, -0.1) is 0 Å². The van der Waals surface area contributed by atoms with Gasteiger partial charge in [0.25, 0.3) is 5.56 Å². The van der Waals surface area contributed by atoms with Crippen LogP contribution >= 0.6 is 0 Å². The van der Waals surface area contributed by atoms with E-state index in [1.807, 2.05) is 19.1 Å². The van der Waals surface area contributed by atoms with Gasteiger partial charge in [0.15, 0.2) is 12.5 Å². The number of nitrogens with zero attached hydrogens (tertiary/aromatic N) is 1. The third-order valence-electron chi connectivity index (χ3n) is 2.80. The van der Waals surface area contributed by atoms with Crippen molar-refractivity contribution in [1.29, 1.82) is 0 Å². The molecule has 0 atom stereocenters. The second kappa shape index (κ2) is 2.53. The van der Waals surface area contributed by atoms with Crippen molar-refractivity contribution >= 4 is 16.6 Å². The lowest BCUT2D eigenvalue weighted by Gasteiger charge is -2.04. The van der Waals surface area contributed by atoms with Gasteiger partial charge in [0.05, 0.1) is 11.2 Å². The van der Waals surface area contributed by atoms with Crippen LogP contribution < -0.4 is 16.0 Å². The molecule has 15 heavy (non-hydrogen) atoms. The van der Waals surface area contributed by atoms with E-state index >= 15 is 0 Å². The first-order chi connectivity index (χ1) is 7.18. The molecule has 4 nitrogen and oxygen atoms in total. The molecular weight excluding hydrogens is 192 g/mol. The van der Waals surface area contributed by atoms with E-state index in [4.69, 9.17) is 10.5 Å². The zero-order valence-corrected chi connectivity index (χ0v) is 8.28. The predicted octanol–water partition coefficient (Wildman–Crippen LogP) is 1.24. The van der Waals surface area contributed by atoms with Crippen LogP contribution in [0.1, 0.15) is 5.56 Å². The Morgan fingerprint density at radius 3 is 3.07 bits per heavy atom. The number of benzene rings is 1. The summed E-state index contributed by atoms with van der Waals surface area (Å²) in [5.41, 5.74) is 8.11. The van der Waals surface area contributed by atoms with Crippen LogP contribution in [0.4, 0.5) is 5.69 Å². The van der Waals surface area contributed by atoms with E-state index in [-0.39, 0.29) is 12.3 Å². The number of pyridine rings is 1. The van der Waals surface area contributed by atoms with Gasteiger partial charge in [-0.2, -0.15) is 0 Å². The standard InChI is InChI=1S/C11H10N2O2/c1-6-4-9(14)13-5-15-11-8(12)3-2-7(6)10(11)13/h2-4H,5,12H2,1H3. The number of aromatic nitrogens is 1. The van der Waals surface area contributed by atoms with Crippen LogP contribution in [-0.2, 0) is 6.73 Å². The lowest BCUT2D eigenvalue weighted by molar-refractivity contribution is 0.268. The summed E-state index contributed by atoms with van der Waals surface area (Å²) in [4.78, 5) is 11.7. The van der Waals surface area contributed by atoms with Crippen molar-refractivity contribution in [3.63, 3.8) is 0 Å². The van der Waals surface area contributed by atoms with E-state index in [1.165, 1.54) is 0 Å². The smallest absolute Gasteiger partial charge is 0.254 e. The summed E-state index contributed by atoms with van der Waals surface area (Å²) in [6, 6.07) is 5.36. The van der Waals surface area contributed by atoms with Crippen molar-refractivity contribution < 1.29 is 4.74 Å². The number of hydrogen-bond donors (Lipinski definition) is 1. The number of nitrogen functional groups attached to an aromatic ring is 1. The molecule has 2 heterocycles. The SMILES string of the molecule is Cc1cc(=O)n2c3c(c(N)ccc13)OC2. The maximum Gasteiger partial charge on any atom is 0.254 e. The third-order valence-corrected chi connectivity index (χ3v) is 2.80. The van der Waals surface area contributed by atoms with Gasteiger partial charge in [-0.3, -0.25) is 9.36 Å². The van der Waals surface area contributed by atoms with Crippen LogP contribution in [0.2, 0.25) is 0 Å². The molecule has 0 radical (unpaired) electrons. The van der Waals surface area contributed by atoms with E-state index in [0.29, 0.717) is 11.4 Å². The zero-order valence-electron chi connectivity index (χ0n) is 8.28. The minimum atomic E-state index is -0.0376. The van der Waals surface area contributed by atoms with E-state index in [0.717, 1.165) is 16.5 Å². The van der Waals surface area contributed by atoms with Crippen molar-refractivity contribution in [2.24, 2.45) is 0 Å². The summed E-state index contributed by atoms with van der Waals surface area (Å²) >= 11 is 0. The number of aryl methyl sites for hydroxylation is 1. The van der Waals surface area contributed by atoms with Crippen molar-refractivity contribution in [2.75, 3.05) is 5.73 Å². The fraction of sp³-hybridized carbons (Fsp3) is 0.182. The molecule has 1 aliphatic heterocycles. The first-order valence-corrected chi connectivity index (χ1v) is 4.74. The maximum absolute atomic E-state index is 11.7. The van der Waals surface area contributed by atoms with Crippen LogP contribution in [-0.4, -0.2) is 4.57 Å². The normalized spacial score (nSPS) is 13.1. The van der Waals surface area contributed by atoms with Crippen molar-refractivity contribution in [1.82, 2.24) is 4.57 Å². The Hall–Kier alpha value is -1.97. The molecule has 0 saturated heterocycles. The Bertz CT molecular complexity index is 629. The summed E-state index contributed by atoms with van der Waals surface area (Å²) in [5, 5.41) is 1.02.